The molecule has 0 radical (unpaired) electrons. The molecule has 1 aliphatic rings. The number of carbonyl (C=O) groups is 1. The zero-order valence-corrected chi connectivity index (χ0v) is 10.2. The fourth-order valence-electron chi connectivity index (χ4n) is 2.47. The highest BCUT2D eigenvalue weighted by molar-refractivity contribution is 6.08. The summed E-state index contributed by atoms with van der Waals surface area (Å²) in [6.07, 6.45) is 3.28. The maximum atomic E-state index is 12.4. The number of aromatic nitrogens is 2. The second kappa shape index (κ2) is 3.43. The van der Waals surface area contributed by atoms with Gasteiger partial charge >= 0.3 is 0 Å². The number of hydrogen-bond donors (Lipinski definition) is 1. The number of imidazole rings is 1. The summed E-state index contributed by atoms with van der Waals surface area (Å²) >= 11 is 0. The zero-order valence-electron chi connectivity index (χ0n) is 10.2. The summed E-state index contributed by atoms with van der Waals surface area (Å²) in [4.78, 5) is 17.9. The lowest BCUT2D eigenvalue weighted by Crippen LogP contribution is -2.41. The van der Waals surface area contributed by atoms with Crippen molar-refractivity contribution >= 4 is 11.6 Å². The molecule has 18 heavy (non-hydrogen) atoms. The van der Waals surface area contributed by atoms with Crippen molar-refractivity contribution in [2.24, 2.45) is 7.05 Å². The molecule has 0 bridgehead atoms. The second-order valence-electron chi connectivity index (χ2n) is 4.45. The van der Waals surface area contributed by atoms with E-state index in [2.05, 4.69) is 4.98 Å². The summed E-state index contributed by atoms with van der Waals surface area (Å²) in [5.74, 6) is -0.0395. The van der Waals surface area contributed by atoms with Crippen LogP contribution in [0.4, 0.5) is 5.69 Å². The van der Waals surface area contributed by atoms with Gasteiger partial charge in [0.1, 0.15) is 0 Å². The molecule has 1 atom stereocenters. The molecular formula is C13H13N3O2. The minimum absolute atomic E-state index is 0.337. The van der Waals surface area contributed by atoms with Gasteiger partial charge in [0, 0.05) is 32.1 Å². The van der Waals surface area contributed by atoms with Crippen LogP contribution in [0, 0.1) is 0 Å². The van der Waals surface area contributed by atoms with Crippen LogP contribution in [0.25, 0.3) is 0 Å². The molecule has 92 valence electrons. The summed E-state index contributed by atoms with van der Waals surface area (Å²) < 4.78 is 1.66. The van der Waals surface area contributed by atoms with Crippen LogP contribution in [-0.4, -0.2) is 27.6 Å². The number of benzene rings is 1. The number of hydrogen-bond acceptors (Lipinski definition) is 3. The van der Waals surface area contributed by atoms with Crippen LogP contribution in [0.3, 0.4) is 0 Å². The Labute approximate surface area is 104 Å². The monoisotopic (exact) mass is 243 g/mol. The molecule has 2 heterocycles. The van der Waals surface area contributed by atoms with Gasteiger partial charge < -0.3 is 14.6 Å². The highest BCUT2D eigenvalue weighted by Gasteiger charge is 2.52. The van der Waals surface area contributed by atoms with Crippen molar-refractivity contribution in [3.63, 3.8) is 0 Å². The summed E-state index contributed by atoms with van der Waals surface area (Å²) in [5, 5.41) is 10.8. The zero-order chi connectivity index (χ0) is 12.9. The minimum atomic E-state index is -1.69. The average molecular weight is 243 g/mol. The molecule has 0 aliphatic carbocycles. The third kappa shape index (κ3) is 1.14. The van der Waals surface area contributed by atoms with Crippen LogP contribution < -0.4 is 4.90 Å². The number of likely N-dealkylation sites (N-methyl/N-ethyl adjacent to an activating group) is 1. The first-order valence-corrected chi connectivity index (χ1v) is 5.64. The van der Waals surface area contributed by atoms with Crippen LogP contribution in [0.1, 0.15) is 11.4 Å². The Bertz CT molecular complexity index is 635. The van der Waals surface area contributed by atoms with Crippen LogP contribution >= 0.6 is 0 Å². The normalized spacial score (nSPS) is 22.4. The number of para-hydroxylation sites is 1. The predicted octanol–water partition coefficient (Wildman–Crippen LogP) is 0.632. The Morgan fingerprint density at radius 3 is 2.67 bits per heavy atom. The second-order valence-corrected chi connectivity index (χ2v) is 4.45. The number of anilines is 1. The van der Waals surface area contributed by atoms with E-state index in [9.17, 15) is 9.90 Å². The molecule has 1 N–H and O–H groups in total. The number of nitrogens with zero attached hydrogens (tertiary/aromatic N) is 3. The van der Waals surface area contributed by atoms with Gasteiger partial charge in [0.15, 0.2) is 5.82 Å². The summed E-state index contributed by atoms with van der Waals surface area (Å²) in [5.41, 5.74) is -0.399. The molecule has 3 rings (SSSR count). The Morgan fingerprint density at radius 1 is 1.28 bits per heavy atom. The van der Waals surface area contributed by atoms with Crippen LogP contribution in [0.15, 0.2) is 36.7 Å². The van der Waals surface area contributed by atoms with E-state index in [-0.39, 0.29) is 5.91 Å². The SMILES string of the molecule is CN1C(=O)[C@@](O)(c2nccn2C)c2ccccc21. The van der Waals surface area contributed by atoms with Crippen LogP contribution in [0.5, 0.6) is 0 Å². The van der Waals surface area contributed by atoms with Gasteiger partial charge in [-0.25, -0.2) is 4.98 Å². The molecule has 1 aliphatic heterocycles. The molecule has 2 aromatic rings. The van der Waals surface area contributed by atoms with E-state index in [0.29, 0.717) is 17.1 Å². The first-order valence-electron chi connectivity index (χ1n) is 5.64. The Kier molecular flexibility index (Phi) is 2.09. The highest BCUT2D eigenvalue weighted by atomic mass is 16.3. The topological polar surface area (TPSA) is 58.4 Å². The number of rotatable bonds is 1. The van der Waals surface area contributed by atoms with Crippen molar-refractivity contribution in [1.29, 1.82) is 0 Å². The molecule has 1 aromatic carbocycles. The fourth-order valence-corrected chi connectivity index (χ4v) is 2.47. The van der Waals surface area contributed by atoms with Gasteiger partial charge in [0.25, 0.3) is 5.91 Å². The van der Waals surface area contributed by atoms with Gasteiger partial charge in [-0.1, -0.05) is 18.2 Å². The number of amides is 1. The lowest BCUT2D eigenvalue weighted by Gasteiger charge is -2.21. The highest BCUT2D eigenvalue weighted by Crippen LogP contribution is 2.42. The standard InChI is InChI=1S/C13H13N3O2/c1-15-8-7-14-11(15)13(18)9-5-3-4-6-10(9)16(2)12(13)17/h3-8,18H,1-2H3/t13-/m0/s1. The molecular weight excluding hydrogens is 230 g/mol. The molecule has 0 spiro atoms. The van der Waals surface area contributed by atoms with Crippen molar-refractivity contribution in [1.82, 2.24) is 9.55 Å². The maximum absolute atomic E-state index is 12.4. The number of aliphatic hydroxyl groups is 1. The van der Waals surface area contributed by atoms with E-state index in [1.165, 1.54) is 4.90 Å². The van der Waals surface area contributed by atoms with Crippen molar-refractivity contribution in [3.05, 3.63) is 48.0 Å². The Balaban J connectivity index is 2.30. The third-order valence-electron chi connectivity index (χ3n) is 3.41. The average Bonchev–Trinajstić information content (AvgIpc) is 2.89. The Hall–Kier alpha value is -2.14. The number of aryl methyl sites for hydroxylation is 1. The predicted molar refractivity (Wildman–Crippen MR) is 66.1 cm³/mol. The van der Waals surface area contributed by atoms with Gasteiger partial charge in [0.05, 0.1) is 5.69 Å². The lowest BCUT2D eigenvalue weighted by atomic mass is 9.94. The molecule has 0 saturated heterocycles. The van der Waals surface area contributed by atoms with Crippen LogP contribution in [0.2, 0.25) is 0 Å². The quantitative estimate of drug-likeness (QED) is 0.799. The van der Waals surface area contributed by atoms with Crippen molar-refractivity contribution in [2.75, 3.05) is 11.9 Å². The van der Waals surface area contributed by atoms with Crippen molar-refractivity contribution in [2.45, 2.75) is 5.60 Å². The Morgan fingerprint density at radius 2 is 2.00 bits per heavy atom. The van der Waals surface area contributed by atoms with Gasteiger partial charge in [-0.05, 0) is 6.07 Å². The van der Waals surface area contributed by atoms with Gasteiger partial charge in [0.2, 0.25) is 5.60 Å². The van der Waals surface area contributed by atoms with E-state index in [1.54, 1.807) is 43.2 Å². The van der Waals surface area contributed by atoms with E-state index in [0.717, 1.165) is 0 Å². The molecule has 5 heteroatoms. The smallest absolute Gasteiger partial charge is 0.271 e. The van der Waals surface area contributed by atoms with Crippen molar-refractivity contribution in [3.8, 4) is 0 Å². The molecule has 0 saturated carbocycles. The van der Waals surface area contributed by atoms with E-state index >= 15 is 0 Å². The minimum Gasteiger partial charge on any atom is -0.369 e. The van der Waals surface area contributed by atoms with Crippen LogP contribution in [-0.2, 0) is 17.4 Å². The van der Waals surface area contributed by atoms with E-state index in [4.69, 9.17) is 0 Å². The first kappa shape index (κ1) is 11.0. The molecule has 1 amide bonds. The fraction of sp³-hybridized carbons (Fsp3) is 0.231. The van der Waals surface area contributed by atoms with Gasteiger partial charge in [-0.2, -0.15) is 0 Å². The summed E-state index contributed by atoms with van der Waals surface area (Å²) in [7, 11) is 3.41. The molecule has 0 fully saturated rings. The summed E-state index contributed by atoms with van der Waals surface area (Å²) in [6.45, 7) is 0. The third-order valence-corrected chi connectivity index (χ3v) is 3.41. The largest absolute Gasteiger partial charge is 0.369 e. The number of carbonyl (C=O) groups excluding carboxylic acids is 1. The van der Waals surface area contributed by atoms with Crippen molar-refractivity contribution < 1.29 is 9.90 Å². The number of fused-ring (bicyclic) bond motifs is 1. The maximum Gasteiger partial charge on any atom is 0.271 e. The lowest BCUT2D eigenvalue weighted by molar-refractivity contribution is -0.132. The molecule has 0 unspecified atom stereocenters. The van der Waals surface area contributed by atoms with E-state index in [1.807, 2.05) is 12.1 Å². The first-order chi connectivity index (χ1) is 8.56. The van der Waals surface area contributed by atoms with E-state index < -0.39 is 5.60 Å². The van der Waals surface area contributed by atoms with Gasteiger partial charge in [-0.15, -0.1) is 0 Å². The van der Waals surface area contributed by atoms with Gasteiger partial charge in [-0.3, -0.25) is 4.79 Å². The molecule has 5 nitrogen and oxygen atoms in total. The summed E-state index contributed by atoms with van der Waals surface area (Å²) in [6, 6.07) is 7.21. The molecule has 1 aromatic heterocycles.